The van der Waals surface area contributed by atoms with Gasteiger partial charge in [-0.05, 0) is 55.2 Å². The van der Waals surface area contributed by atoms with Crippen LogP contribution in [0.3, 0.4) is 0 Å². The van der Waals surface area contributed by atoms with Gasteiger partial charge in [0.25, 0.3) is 0 Å². The van der Waals surface area contributed by atoms with Crippen molar-refractivity contribution in [3.8, 4) is 0 Å². The Labute approximate surface area is 204 Å². The maximum atomic E-state index is 13.3. The molecule has 1 saturated heterocycles. The van der Waals surface area contributed by atoms with E-state index in [2.05, 4.69) is 31.9 Å². The number of benzene rings is 1. The van der Waals surface area contributed by atoms with Gasteiger partial charge in [-0.1, -0.05) is 57.8 Å². The summed E-state index contributed by atoms with van der Waals surface area (Å²) >= 11 is 7.35. The second-order valence-electron chi connectivity index (χ2n) is 9.57. The van der Waals surface area contributed by atoms with Crippen molar-refractivity contribution >= 4 is 55.4 Å². The third-order valence-corrected chi connectivity index (χ3v) is 10.6. The van der Waals surface area contributed by atoms with Gasteiger partial charge in [-0.3, -0.25) is 19.3 Å². The first-order valence-corrected chi connectivity index (χ1v) is 12.8. The molecule has 1 aromatic rings. The predicted octanol–water partition coefficient (Wildman–Crippen LogP) is 3.83. The van der Waals surface area contributed by atoms with Gasteiger partial charge < -0.3 is 4.74 Å². The summed E-state index contributed by atoms with van der Waals surface area (Å²) in [6.07, 6.45) is 0.827. The summed E-state index contributed by atoms with van der Waals surface area (Å²) in [6.45, 7) is 7.00. The van der Waals surface area contributed by atoms with Crippen molar-refractivity contribution < 1.29 is 23.9 Å². The van der Waals surface area contributed by atoms with E-state index >= 15 is 0 Å². The number of ether oxygens (including phenoxy) is 1. The number of hydrogen-bond donors (Lipinski definition) is 0. The molecule has 3 fully saturated rings. The lowest BCUT2D eigenvalue weighted by molar-refractivity contribution is -0.160. The second-order valence-corrected chi connectivity index (χ2v) is 11.7. The number of ketones is 1. The molecule has 2 saturated carbocycles. The van der Waals surface area contributed by atoms with Crippen LogP contribution in [0.15, 0.2) is 18.2 Å². The minimum absolute atomic E-state index is 0.0750. The fraction of sp³-hybridized carbons (Fsp3) is 0.583. The minimum atomic E-state index is -1.03. The Morgan fingerprint density at radius 1 is 1.03 bits per heavy atom. The van der Waals surface area contributed by atoms with Gasteiger partial charge in [-0.2, -0.15) is 0 Å². The molecule has 6 nitrogen and oxygen atoms in total. The van der Waals surface area contributed by atoms with Crippen LogP contribution in [0.2, 0.25) is 0 Å². The zero-order valence-electron chi connectivity index (χ0n) is 18.5. The molecular weight excluding hydrogens is 542 g/mol. The largest absolute Gasteiger partial charge is 0.456 e. The van der Waals surface area contributed by atoms with Crippen molar-refractivity contribution in [1.29, 1.82) is 0 Å². The number of halogens is 2. The van der Waals surface area contributed by atoms with Crippen LogP contribution < -0.4 is 0 Å². The second kappa shape index (κ2) is 8.67. The number of imide groups is 1. The van der Waals surface area contributed by atoms with Crippen LogP contribution in [0.25, 0.3) is 0 Å². The number of Topliss-reactive ketones (excluding diaryl/α,β-unsaturated/α-hetero) is 1. The molecule has 32 heavy (non-hydrogen) atoms. The van der Waals surface area contributed by atoms with Gasteiger partial charge in [0.2, 0.25) is 11.8 Å². The third-order valence-electron chi connectivity index (χ3n) is 7.35. The number of nitrogens with zero attached hydrogens (tertiary/aromatic N) is 1. The highest BCUT2D eigenvalue weighted by molar-refractivity contribution is 9.12. The third kappa shape index (κ3) is 3.67. The Morgan fingerprint density at radius 3 is 2.09 bits per heavy atom. The lowest BCUT2D eigenvalue weighted by Crippen LogP contribution is -2.50. The number of aryl methyl sites for hydroxylation is 2. The summed E-state index contributed by atoms with van der Waals surface area (Å²) in [5, 5.41) is 0. The highest BCUT2D eigenvalue weighted by Crippen LogP contribution is 2.60. The first-order chi connectivity index (χ1) is 15.0. The molecule has 2 aliphatic carbocycles. The van der Waals surface area contributed by atoms with Crippen LogP contribution in [0.5, 0.6) is 0 Å². The normalized spacial score (nSPS) is 31.9. The van der Waals surface area contributed by atoms with Crippen LogP contribution in [0.1, 0.15) is 41.8 Å². The van der Waals surface area contributed by atoms with Crippen LogP contribution in [-0.2, 0) is 19.1 Å². The Bertz CT molecular complexity index is 961. The molecule has 0 spiro atoms. The van der Waals surface area contributed by atoms with E-state index < -0.39 is 30.5 Å². The van der Waals surface area contributed by atoms with E-state index in [1.165, 1.54) is 0 Å². The zero-order chi connectivity index (χ0) is 23.5. The topological polar surface area (TPSA) is 80.8 Å². The number of carbonyl (C=O) groups excluding carboxylic acids is 4. The van der Waals surface area contributed by atoms with Gasteiger partial charge in [0.05, 0.1) is 11.8 Å². The average molecular weight is 569 g/mol. The molecule has 1 aromatic carbocycles. The van der Waals surface area contributed by atoms with Gasteiger partial charge >= 0.3 is 5.97 Å². The molecule has 2 amide bonds. The standard InChI is InChI=1S/C24H27Br2NO5/c1-10(2)21(24(31)32-9-16(28)13-6-5-11(3)12(4)7-13)27-22(29)17-14-8-15(18(17)23(27)30)20(26)19(14)25/h5-7,10,14-15,17-21H,8-9H2,1-4H3/t14-,15-,17-,18+,19-,20+,21+/m0/s1. The smallest absolute Gasteiger partial charge is 0.330 e. The van der Waals surface area contributed by atoms with Crippen LogP contribution in [0, 0.1) is 43.4 Å². The van der Waals surface area contributed by atoms with Crippen molar-refractivity contribution in [1.82, 2.24) is 4.90 Å². The van der Waals surface area contributed by atoms with Crippen LogP contribution >= 0.6 is 31.9 Å². The summed E-state index contributed by atoms with van der Waals surface area (Å²) in [6, 6.07) is 4.29. The molecule has 2 bridgehead atoms. The molecule has 0 aromatic heterocycles. The summed E-state index contributed by atoms with van der Waals surface area (Å²) in [5.74, 6) is -2.56. The molecule has 0 unspecified atom stereocenters. The molecule has 4 rings (SSSR count). The highest BCUT2D eigenvalue weighted by atomic mass is 79.9. The van der Waals surface area contributed by atoms with E-state index in [0.717, 1.165) is 22.4 Å². The SMILES string of the molecule is Cc1ccc(C(=O)COC(=O)[C@@H](C(C)C)N2C(=O)[C@@H]3[C@@H]4C[C@H]([C@H](Br)[C@@H]4Br)[C@@H]3C2=O)cc1C. The highest BCUT2D eigenvalue weighted by Gasteiger charge is 2.67. The first kappa shape index (κ1) is 23.6. The number of hydrogen-bond acceptors (Lipinski definition) is 5. The van der Waals surface area contributed by atoms with E-state index in [0.29, 0.717) is 5.56 Å². The van der Waals surface area contributed by atoms with E-state index in [9.17, 15) is 19.2 Å². The lowest BCUT2D eigenvalue weighted by atomic mass is 9.81. The molecule has 8 heteroatoms. The summed E-state index contributed by atoms with van der Waals surface area (Å²) < 4.78 is 5.34. The van der Waals surface area contributed by atoms with E-state index in [4.69, 9.17) is 4.74 Å². The number of rotatable bonds is 6. The fourth-order valence-electron chi connectivity index (χ4n) is 5.54. The van der Waals surface area contributed by atoms with Crippen molar-refractivity contribution in [3.63, 3.8) is 0 Å². The van der Waals surface area contributed by atoms with E-state index in [1.54, 1.807) is 26.0 Å². The monoisotopic (exact) mass is 567 g/mol. The van der Waals surface area contributed by atoms with Gasteiger partial charge in [-0.25, -0.2) is 4.79 Å². The number of esters is 1. The molecule has 0 N–H and O–H groups in total. The van der Waals surface area contributed by atoms with Gasteiger partial charge in [0.1, 0.15) is 6.04 Å². The van der Waals surface area contributed by atoms with E-state index in [-0.39, 0.29) is 45.0 Å². The quantitative estimate of drug-likeness (QED) is 0.225. The van der Waals surface area contributed by atoms with Gasteiger partial charge in [-0.15, -0.1) is 0 Å². The summed E-state index contributed by atoms with van der Waals surface area (Å²) in [7, 11) is 0. The Kier molecular flexibility index (Phi) is 6.40. The number of fused-ring (bicyclic) bond motifs is 5. The first-order valence-electron chi connectivity index (χ1n) is 11.0. The maximum Gasteiger partial charge on any atom is 0.330 e. The van der Waals surface area contributed by atoms with Crippen LogP contribution in [0.4, 0.5) is 0 Å². The number of alkyl halides is 2. The molecule has 3 aliphatic rings. The summed E-state index contributed by atoms with van der Waals surface area (Å²) in [4.78, 5) is 53.6. The van der Waals surface area contributed by atoms with Crippen molar-refractivity contribution in [2.45, 2.75) is 49.8 Å². The Hall–Kier alpha value is -1.54. The number of likely N-dealkylation sites (tertiary alicyclic amines) is 1. The number of amides is 2. The van der Waals surface area contributed by atoms with Crippen LogP contribution in [-0.4, -0.2) is 50.8 Å². The Morgan fingerprint density at radius 2 is 1.59 bits per heavy atom. The van der Waals surface area contributed by atoms with Crippen molar-refractivity contribution in [2.75, 3.05) is 6.61 Å². The summed E-state index contributed by atoms with van der Waals surface area (Å²) in [5.41, 5.74) is 2.51. The zero-order valence-corrected chi connectivity index (χ0v) is 21.7. The van der Waals surface area contributed by atoms with Crippen molar-refractivity contribution in [3.05, 3.63) is 34.9 Å². The molecule has 172 valence electrons. The molecule has 1 aliphatic heterocycles. The van der Waals surface area contributed by atoms with Gasteiger partial charge in [0.15, 0.2) is 12.4 Å². The molecule has 0 radical (unpaired) electrons. The predicted molar refractivity (Wildman–Crippen MR) is 126 cm³/mol. The minimum Gasteiger partial charge on any atom is -0.456 e. The maximum absolute atomic E-state index is 13.3. The average Bonchev–Trinajstić information content (AvgIpc) is 3.34. The lowest BCUT2D eigenvalue weighted by Gasteiger charge is -2.28. The Balaban J connectivity index is 1.49. The molecule has 1 heterocycles. The number of carbonyl (C=O) groups is 4. The van der Waals surface area contributed by atoms with E-state index in [1.807, 2.05) is 19.9 Å². The molecular formula is C24H27Br2NO5. The van der Waals surface area contributed by atoms with Crippen molar-refractivity contribution in [2.24, 2.45) is 29.6 Å². The van der Waals surface area contributed by atoms with Gasteiger partial charge in [0, 0.05) is 15.2 Å². The fourth-order valence-corrected chi connectivity index (χ4v) is 7.42. The molecule has 7 atom stereocenters.